The first-order chi connectivity index (χ1) is 23.1. The number of aromatic nitrogens is 2. The van der Waals surface area contributed by atoms with Crippen molar-refractivity contribution < 1.29 is 36.9 Å². The second-order valence-corrected chi connectivity index (χ2v) is 13.5. The molecule has 2 bridgehead atoms. The summed E-state index contributed by atoms with van der Waals surface area (Å²) < 4.78 is 75.3. The number of piperazine rings is 1. The Kier molecular flexibility index (Phi) is 7.31. The predicted molar refractivity (Wildman–Crippen MR) is 171 cm³/mol. The van der Waals surface area contributed by atoms with Gasteiger partial charge in [-0.1, -0.05) is 12.1 Å². The Balaban J connectivity index is 1.32. The molecule has 0 radical (unpaired) electrons. The number of fused-ring (bicyclic) bond motifs is 5. The van der Waals surface area contributed by atoms with Crippen LogP contribution < -0.4 is 14.4 Å². The third kappa shape index (κ3) is 4.72. The highest BCUT2D eigenvalue weighted by molar-refractivity contribution is 6.04. The van der Waals surface area contributed by atoms with Gasteiger partial charge in [-0.05, 0) is 55.8 Å². The van der Waals surface area contributed by atoms with E-state index in [0.29, 0.717) is 26.1 Å². The molecule has 0 aliphatic carbocycles. The molecule has 1 N–H and O–H groups in total. The van der Waals surface area contributed by atoms with Gasteiger partial charge in [0.2, 0.25) is 5.91 Å². The number of hydrogen-bond acceptors (Lipinski definition) is 8. The summed E-state index contributed by atoms with van der Waals surface area (Å²) >= 11 is 0. The van der Waals surface area contributed by atoms with Crippen molar-refractivity contribution in [1.29, 1.82) is 0 Å². The highest BCUT2D eigenvalue weighted by Gasteiger charge is 2.49. The Bertz CT molecular complexity index is 1970. The summed E-state index contributed by atoms with van der Waals surface area (Å²) in [6, 6.07) is 6.16. The Hall–Kier alpha value is -4.39. The van der Waals surface area contributed by atoms with Crippen molar-refractivity contribution in [3.05, 3.63) is 47.8 Å². The van der Waals surface area contributed by atoms with E-state index in [2.05, 4.69) is 9.88 Å². The molecule has 3 aromatic carbocycles. The number of anilines is 1. The Morgan fingerprint density at radius 2 is 1.83 bits per heavy atom. The summed E-state index contributed by atoms with van der Waals surface area (Å²) in [6.07, 6.45) is 2.49. The lowest BCUT2D eigenvalue weighted by Gasteiger charge is -2.41. The number of halogens is 4. The molecule has 8 rings (SSSR count). The number of rotatable bonds is 6. The molecule has 1 amide bonds. The van der Waals surface area contributed by atoms with Crippen LogP contribution in [0.4, 0.5) is 23.4 Å². The highest BCUT2D eigenvalue weighted by Crippen LogP contribution is 2.47. The lowest BCUT2D eigenvalue weighted by Crippen LogP contribution is -2.55. The standard InChI is InChI=1S/C35H35F4N5O4/c1-18(45)44-21-7-8-22(44)16-42(15-21)33-28-31(40-34(41-33)48-17-35-9-4-10-43(35)14-20(36)13-35)29(38)27(30(39)32(28)47-2)24-12-23(46)11-19-5-3-6-25(37)26(19)24/h3,5-6,11-12,20-22,46H,4,7-10,13-17H2,1-2H3/t20-,21?,22?,35+/m1/s1. The molecule has 5 heterocycles. The van der Waals surface area contributed by atoms with Crippen LogP contribution in [0, 0.1) is 17.5 Å². The average molecular weight is 666 g/mol. The third-order valence-electron chi connectivity index (χ3n) is 10.7. The van der Waals surface area contributed by atoms with E-state index in [1.807, 2.05) is 9.80 Å². The number of carbonyl (C=O) groups excluding carboxylic acids is 1. The maximum Gasteiger partial charge on any atom is 0.319 e. The third-order valence-corrected chi connectivity index (χ3v) is 10.7. The number of methoxy groups -OCH3 is 1. The number of phenolic OH excluding ortho intramolecular Hbond substituents is 1. The van der Waals surface area contributed by atoms with E-state index in [1.54, 1.807) is 0 Å². The van der Waals surface area contributed by atoms with Crippen LogP contribution in [0.3, 0.4) is 0 Å². The van der Waals surface area contributed by atoms with E-state index in [-0.39, 0.29) is 75.2 Å². The van der Waals surface area contributed by atoms with E-state index in [0.717, 1.165) is 38.3 Å². The summed E-state index contributed by atoms with van der Waals surface area (Å²) in [6.45, 7) is 3.40. The molecule has 4 aliphatic rings. The molecular weight excluding hydrogens is 630 g/mol. The highest BCUT2D eigenvalue weighted by atomic mass is 19.1. The zero-order valence-electron chi connectivity index (χ0n) is 26.6. The topological polar surface area (TPSA) is 91.3 Å². The van der Waals surface area contributed by atoms with Crippen LogP contribution in [-0.2, 0) is 4.79 Å². The number of amides is 1. The fourth-order valence-electron chi connectivity index (χ4n) is 8.76. The van der Waals surface area contributed by atoms with Gasteiger partial charge in [-0.3, -0.25) is 9.69 Å². The molecule has 4 saturated heterocycles. The van der Waals surface area contributed by atoms with Gasteiger partial charge in [0, 0.05) is 56.0 Å². The van der Waals surface area contributed by atoms with Gasteiger partial charge >= 0.3 is 6.01 Å². The summed E-state index contributed by atoms with van der Waals surface area (Å²) in [4.78, 5) is 27.5. The monoisotopic (exact) mass is 665 g/mol. The minimum absolute atomic E-state index is 0.0328. The Labute approximate surface area is 274 Å². The molecule has 4 aromatic rings. The number of aromatic hydroxyl groups is 1. The van der Waals surface area contributed by atoms with Crippen LogP contribution in [0.5, 0.6) is 17.5 Å². The van der Waals surface area contributed by atoms with E-state index >= 15 is 13.2 Å². The van der Waals surface area contributed by atoms with Gasteiger partial charge in [0.15, 0.2) is 17.4 Å². The van der Waals surface area contributed by atoms with E-state index in [4.69, 9.17) is 14.5 Å². The van der Waals surface area contributed by atoms with Gasteiger partial charge in [-0.25, -0.2) is 17.6 Å². The summed E-state index contributed by atoms with van der Waals surface area (Å²) in [5.74, 6) is -3.46. The Morgan fingerprint density at radius 1 is 1.06 bits per heavy atom. The molecule has 4 atom stereocenters. The predicted octanol–water partition coefficient (Wildman–Crippen LogP) is 5.74. The molecule has 2 unspecified atom stereocenters. The van der Waals surface area contributed by atoms with Crippen molar-refractivity contribution >= 4 is 33.4 Å². The molecule has 0 saturated carbocycles. The number of benzene rings is 3. The molecule has 4 fully saturated rings. The number of alkyl halides is 1. The van der Waals surface area contributed by atoms with Crippen molar-refractivity contribution in [3.63, 3.8) is 0 Å². The van der Waals surface area contributed by atoms with Crippen LogP contribution in [0.25, 0.3) is 32.8 Å². The number of ether oxygens (including phenoxy) is 2. The first-order valence-corrected chi connectivity index (χ1v) is 16.3. The van der Waals surface area contributed by atoms with Crippen LogP contribution >= 0.6 is 0 Å². The van der Waals surface area contributed by atoms with E-state index in [1.165, 1.54) is 38.3 Å². The number of hydrogen-bond donors (Lipinski definition) is 1. The van der Waals surface area contributed by atoms with Crippen molar-refractivity contribution in [2.75, 3.05) is 44.8 Å². The minimum atomic E-state index is -1.11. The van der Waals surface area contributed by atoms with E-state index in [9.17, 15) is 14.3 Å². The van der Waals surface area contributed by atoms with Gasteiger partial charge in [0.25, 0.3) is 0 Å². The molecule has 1 aromatic heterocycles. The lowest BCUT2D eigenvalue weighted by atomic mass is 9.94. The second-order valence-electron chi connectivity index (χ2n) is 13.5. The van der Waals surface area contributed by atoms with Crippen molar-refractivity contribution in [1.82, 2.24) is 19.8 Å². The smallest absolute Gasteiger partial charge is 0.319 e. The first-order valence-electron chi connectivity index (χ1n) is 16.3. The minimum Gasteiger partial charge on any atom is -0.508 e. The number of carbonyl (C=O) groups is 1. The van der Waals surface area contributed by atoms with Gasteiger partial charge in [-0.2, -0.15) is 9.97 Å². The number of nitrogens with zero attached hydrogens (tertiary/aromatic N) is 5. The van der Waals surface area contributed by atoms with Gasteiger partial charge in [-0.15, -0.1) is 0 Å². The molecule has 0 spiro atoms. The normalized spacial score (nSPS) is 25.3. The van der Waals surface area contributed by atoms with Gasteiger partial charge < -0.3 is 24.4 Å². The molecule has 9 nitrogen and oxygen atoms in total. The Morgan fingerprint density at radius 3 is 2.56 bits per heavy atom. The van der Waals surface area contributed by atoms with Gasteiger partial charge in [0.1, 0.15) is 35.7 Å². The van der Waals surface area contributed by atoms with Crippen LogP contribution in [0.1, 0.15) is 39.0 Å². The quantitative estimate of drug-likeness (QED) is 0.261. The molecule has 4 aliphatic heterocycles. The van der Waals surface area contributed by atoms with Gasteiger partial charge in [0.05, 0.1) is 23.6 Å². The van der Waals surface area contributed by atoms with Crippen LogP contribution in [0.2, 0.25) is 0 Å². The fourth-order valence-corrected chi connectivity index (χ4v) is 8.76. The van der Waals surface area contributed by atoms with Crippen molar-refractivity contribution in [3.8, 4) is 28.6 Å². The summed E-state index contributed by atoms with van der Waals surface area (Å²) in [5.41, 5.74) is -1.69. The average Bonchev–Trinajstić information content (AvgIpc) is 3.67. The maximum absolute atomic E-state index is 17.0. The molecule has 13 heteroatoms. The van der Waals surface area contributed by atoms with Crippen molar-refractivity contribution in [2.45, 2.75) is 62.8 Å². The molecular formula is C35H35F4N5O4. The van der Waals surface area contributed by atoms with Crippen LogP contribution in [-0.4, -0.2) is 94.5 Å². The second kappa shape index (κ2) is 11.4. The number of phenols is 1. The zero-order chi connectivity index (χ0) is 33.5. The zero-order valence-corrected chi connectivity index (χ0v) is 26.6. The summed E-state index contributed by atoms with van der Waals surface area (Å²) in [5, 5.41) is 10.6. The lowest BCUT2D eigenvalue weighted by molar-refractivity contribution is -0.132. The maximum atomic E-state index is 17.0. The summed E-state index contributed by atoms with van der Waals surface area (Å²) in [7, 11) is 1.24. The SMILES string of the molecule is COc1c(F)c(-c2cc(O)cc3cccc(F)c23)c(F)c2nc(OC[C@@]34CCCN3C[C@H](F)C4)nc(N3CC4CCC(C3)N4C(C)=O)c12. The fraction of sp³-hybridized carbons (Fsp3) is 0.457. The van der Waals surface area contributed by atoms with Crippen molar-refractivity contribution in [2.24, 2.45) is 0 Å². The molecule has 252 valence electrons. The first kappa shape index (κ1) is 30.9. The molecule has 48 heavy (non-hydrogen) atoms. The van der Waals surface area contributed by atoms with E-state index < -0.39 is 34.7 Å². The van der Waals surface area contributed by atoms with Crippen LogP contribution in [0.15, 0.2) is 30.3 Å². The largest absolute Gasteiger partial charge is 0.508 e.